The van der Waals surface area contributed by atoms with Gasteiger partial charge in [0.2, 0.25) is 0 Å². The number of carboxylic acid groups (broad SMARTS) is 1. The molecule has 1 aliphatic rings. The molecule has 0 aliphatic heterocycles. The maximum absolute atomic E-state index is 10.5. The minimum atomic E-state index is -0.717. The molecule has 0 aromatic heterocycles. The van der Waals surface area contributed by atoms with E-state index in [1.54, 1.807) is 0 Å². The molecule has 1 unspecified atom stereocenters. The Morgan fingerprint density at radius 3 is 2.89 bits per heavy atom. The van der Waals surface area contributed by atoms with Gasteiger partial charge in [0.15, 0.2) is 0 Å². The van der Waals surface area contributed by atoms with Gasteiger partial charge in [-0.2, -0.15) is 0 Å². The van der Waals surface area contributed by atoms with E-state index in [2.05, 4.69) is 43.4 Å². The van der Waals surface area contributed by atoms with E-state index in [1.807, 2.05) is 0 Å². The summed E-state index contributed by atoms with van der Waals surface area (Å²) in [7, 11) is 0. The van der Waals surface area contributed by atoms with Gasteiger partial charge in [-0.15, -0.1) is 0 Å². The molecule has 104 valence electrons. The first-order chi connectivity index (χ1) is 9.00. The van der Waals surface area contributed by atoms with Crippen LogP contribution in [0, 0.1) is 5.41 Å². The van der Waals surface area contributed by atoms with Crippen LogP contribution in [0.4, 0.5) is 0 Å². The quantitative estimate of drug-likeness (QED) is 0.800. The second-order valence-corrected chi connectivity index (χ2v) is 6.07. The normalized spacial score (nSPS) is 20.8. The summed E-state index contributed by atoms with van der Waals surface area (Å²) >= 11 is 0. The number of carboxylic acids is 1. The van der Waals surface area contributed by atoms with Crippen LogP contribution < -0.4 is 5.32 Å². The highest BCUT2D eigenvalue weighted by Crippen LogP contribution is 2.43. The molecule has 0 saturated carbocycles. The van der Waals surface area contributed by atoms with Gasteiger partial charge in [0.25, 0.3) is 0 Å². The van der Waals surface area contributed by atoms with Gasteiger partial charge in [-0.05, 0) is 42.3 Å². The minimum Gasteiger partial charge on any atom is -0.481 e. The molecular formula is C16H23NO2. The summed E-state index contributed by atoms with van der Waals surface area (Å²) in [6.07, 6.45) is 3.23. The Labute approximate surface area is 115 Å². The number of fused-ring (bicyclic) bond motifs is 1. The van der Waals surface area contributed by atoms with E-state index >= 15 is 0 Å². The van der Waals surface area contributed by atoms with E-state index in [4.69, 9.17) is 5.11 Å². The zero-order valence-electron chi connectivity index (χ0n) is 11.8. The Hall–Kier alpha value is -1.35. The number of aryl methyl sites for hydroxylation is 1. The fraction of sp³-hybridized carbons (Fsp3) is 0.562. The summed E-state index contributed by atoms with van der Waals surface area (Å²) in [6, 6.07) is 8.91. The van der Waals surface area contributed by atoms with Crippen LogP contribution in [0.15, 0.2) is 24.3 Å². The molecule has 3 heteroatoms. The molecule has 0 heterocycles. The van der Waals surface area contributed by atoms with E-state index in [1.165, 1.54) is 17.5 Å². The summed E-state index contributed by atoms with van der Waals surface area (Å²) in [5, 5.41) is 12.2. The van der Waals surface area contributed by atoms with E-state index in [0.717, 1.165) is 13.0 Å². The average Bonchev–Trinajstić information content (AvgIpc) is 2.36. The highest BCUT2D eigenvalue weighted by atomic mass is 16.4. The van der Waals surface area contributed by atoms with Gasteiger partial charge in [0.05, 0.1) is 0 Å². The summed E-state index contributed by atoms with van der Waals surface area (Å²) in [5.74, 6) is -0.717. The van der Waals surface area contributed by atoms with Gasteiger partial charge in [-0.1, -0.05) is 38.1 Å². The maximum atomic E-state index is 10.5. The van der Waals surface area contributed by atoms with Crippen molar-refractivity contribution in [1.29, 1.82) is 0 Å². The Kier molecular flexibility index (Phi) is 4.25. The van der Waals surface area contributed by atoms with Crippen molar-refractivity contribution in [3.05, 3.63) is 35.4 Å². The second-order valence-electron chi connectivity index (χ2n) is 6.07. The van der Waals surface area contributed by atoms with Crippen LogP contribution >= 0.6 is 0 Å². The first-order valence-electron chi connectivity index (χ1n) is 7.04. The summed E-state index contributed by atoms with van der Waals surface area (Å²) in [4.78, 5) is 10.5. The van der Waals surface area contributed by atoms with Gasteiger partial charge < -0.3 is 10.4 Å². The molecule has 1 aromatic carbocycles. The van der Waals surface area contributed by atoms with Crippen molar-refractivity contribution in [3.63, 3.8) is 0 Å². The lowest BCUT2D eigenvalue weighted by Gasteiger charge is -2.40. The van der Waals surface area contributed by atoms with Gasteiger partial charge in [-0.25, -0.2) is 0 Å². The number of aliphatic carboxylic acids is 1. The number of hydrogen-bond acceptors (Lipinski definition) is 2. The van der Waals surface area contributed by atoms with Gasteiger partial charge in [-0.3, -0.25) is 4.79 Å². The molecule has 0 saturated heterocycles. The largest absolute Gasteiger partial charge is 0.481 e. The van der Waals surface area contributed by atoms with E-state index in [0.29, 0.717) is 12.5 Å². The van der Waals surface area contributed by atoms with Crippen molar-refractivity contribution >= 4 is 5.97 Å². The maximum Gasteiger partial charge on any atom is 0.303 e. The van der Waals surface area contributed by atoms with Crippen molar-refractivity contribution in [2.45, 2.75) is 45.6 Å². The molecule has 1 aliphatic carbocycles. The molecule has 2 rings (SSSR count). The lowest BCUT2D eigenvalue weighted by molar-refractivity contribution is -0.137. The third-order valence-corrected chi connectivity index (χ3v) is 4.10. The van der Waals surface area contributed by atoms with Crippen LogP contribution in [-0.4, -0.2) is 17.6 Å². The van der Waals surface area contributed by atoms with Crippen LogP contribution in [-0.2, 0) is 11.2 Å². The van der Waals surface area contributed by atoms with Crippen molar-refractivity contribution < 1.29 is 9.90 Å². The number of benzene rings is 1. The predicted molar refractivity (Wildman–Crippen MR) is 76.2 cm³/mol. The zero-order valence-corrected chi connectivity index (χ0v) is 11.8. The van der Waals surface area contributed by atoms with E-state index in [-0.39, 0.29) is 11.8 Å². The minimum absolute atomic E-state index is 0.220. The Balaban J connectivity index is 2.06. The van der Waals surface area contributed by atoms with Crippen molar-refractivity contribution in [3.8, 4) is 0 Å². The second kappa shape index (κ2) is 5.74. The zero-order chi connectivity index (χ0) is 13.9. The lowest BCUT2D eigenvalue weighted by Crippen LogP contribution is -2.38. The number of hydrogen-bond donors (Lipinski definition) is 2. The fourth-order valence-corrected chi connectivity index (χ4v) is 2.94. The molecule has 0 bridgehead atoms. The number of carbonyl (C=O) groups is 1. The Morgan fingerprint density at radius 1 is 1.42 bits per heavy atom. The molecule has 19 heavy (non-hydrogen) atoms. The summed E-state index contributed by atoms with van der Waals surface area (Å²) in [5.41, 5.74) is 3.03. The first kappa shape index (κ1) is 14.1. The van der Waals surface area contributed by atoms with Crippen LogP contribution in [0.1, 0.15) is 50.3 Å². The average molecular weight is 261 g/mol. The SMILES string of the molecule is CC1(C)CCc2ccccc2C1NCCCC(=O)O. The highest BCUT2D eigenvalue weighted by molar-refractivity contribution is 5.66. The third kappa shape index (κ3) is 3.35. The Bertz CT molecular complexity index is 454. The first-order valence-corrected chi connectivity index (χ1v) is 7.04. The van der Waals surface area contributed by atoms with Crippen LogP contribution in [0.2, 0.25) is 0 Å². The standard InChI is InChI=1S/C16H23NO2/c1-16(2)10-9-12-6-3-4-7-13(12)15(16)17-11-5-8-14(18)19/h3-4,6-7,15,17H,5,8-11H2,1-2H3,(H,18,19). The van der Waals surface area contributed by atoms with Gasteiger partial charge >= 0.3 is 5.97 Å². The number of rotatable bonds is 5. The van der Waals surface area contributed by atoms with Gasteiger partial charge in [0, 0.05) is 12.5 Å². The monoisotopic (exact) mass is 261 g/mol. The molecule has 0 amide bonds. The molecule has 0 radical (unpaired) electrons. The van der Waals surface area contributed by atoms with Crippen LogP contribution in [0.3, 0.4) is 0 Å². The summed E-state index contributed by atoms with van der Waals surface area (Å²) in [6.45, 7) is 5.34. The van der Waals surface area contributed by atoms with E-state index < -0.39 is 5.97 Å². The Morgan fingerprint density at radius 2 is 2.16 bits per heavy atom. The van der Waals surface area contributed by atoms with Crippen LogP contribution in [0.5, 0.6) is 0 Å². The lowest BCUT2D eigenvalue weighted by atomic mass is 9.70. The van der Waals surface area contributed by atoms with Crippen molar-refractivity contribution in [1.82, 2.24) is 5.32 Å². The van der Waals surface area contributed by atoms with E-state index in [9.17, 15) is 4.79 Å². The molecule has 1 aromatic rings. The van der Waals surface area contributed by atoms with Crippen molar-refractivity contribution in [2.75, 3.05) is 6.54 Å². The summed E-state index contributed by atoms with van der Waals surface area (Å²) < 4.78 is 0. The topological polar surface area (TPSA) is 49.3 Å². The molecule has 1 atom stereocenters. The molecule has 2 N–H and O–H groups in total. The molecule has 0 fully saturated rings. The molecule has 0 spiro atoms. The van der Waals surface area contributed by atoms with Crippen LogP contribution in [0.25, 0.3) is 0 Å². The van der Waals surface area contributed by atoms with Crippen molar-refractivity contribution in [2.24, 2.45) is 5.41 Å². The highest BCUT2D eigenvalue weighted by Gasteiger charge is 2.35. The molecular weight excluding hydrogens is 238 g/mol. The third-order valence-electron chi connectivity index (χ3n) is 4.10. The van der Waals surface area contributed by atoms with Gasteiger partial charge in [0.1, 0.15) is 0 Å². The predicted octanol–water partition coefficient (Wildman–Crippen LogP) is 3.15. The smallest absolute Gasteiger partial charge is 0.303 e. The molecule has 3 nitrogen and oxygen atoms in total. The number of nitrogens with one attached hydrogen (secondary N) is 1. The fourth-order valence-electron chi connectivity index (χ4n) is 2.94.